The molecule has 0 spiro atoms. The summed E-state index contributed by atoms with van der Waals surface area (Å²) in [6.07, 6.45) is 13.6. The molecule has 13 atom stereocenters. The summed E-state index contributed by atoms with van der Waals surface area (Å²) >= 11 is 0. The fourth-order valence-electron chi connectivity index (χ4n) is 9.16. The Morgan fingerprint density at radius 3 is 2.43 bits per heavy atom. The first-order valence-corrected chi connectivity index (χ1v) is 20.1. The first-order chi connectivity index (χ1) is 25.7. The number of ketones is 2. The largest absolute Gasteiger partial charge is 0.456 e. The number of ether oxygens (including phenoxy) is 5. The lowest BCUT2D eigenvalue weighted by Crippen LogP contribution is -2.64. The molecule has 0 radical (unpaired) electrons. The Morgan fingerprint density at radius 1 is 1.02 bits per heavy atom. The number of methoxy groups -OCH3 is 2. The van der Waals surface area contributed by atoms with Crippen LogP contribution in [0.2, 0.25) is 0 Å². The molecular formula is C43H63NO10. The van der Waals surface area contributed by atoms with Gasteiger partial charge in [-0.05, 0) is 102 Å². The standard InChI is InChI=1S/C43H63NO10/c1-9-12-31-20-25(2)19-26(3)21-36(50-7)39-37(51-8)23-29(6)43(49,54-39)40(46)41(47)44-18-11-10-13-32(44)42(48)53-38(27(4)14-16-33(31)45)28(5)22-30-15-17-34-35(24-30)52-34/h9,14,16,20,22,26-27,29-32,34-39,49H,1,10-13,15,17-19,21,23-24H2,2-8H3/b16-14-,25-20-,28-22+. The smallest absolute Gasteiger partial charge is 0.329 e. The third-order valence-corrected chi connectivity index (χ3v) is 12.3. The molecule has 5 aliphatic rings. The van der Waals surface area contributed by atoms with Gasteiger partial charge < -0.3 is 33.7 Å². The molecule has 11 heteroatoms. The molecule has 4 heterocycles. The van der Waals surface area contributed by atoms with E-state index in [9.17, 15) is 24.3 Å². The van der Waals surface area contributed by atoms with Gasteiger partial charge in [-0.3, -0.25) is 14.4 Å². The first kappa shape index (κ1) is 42.2. The highest BCUT2D eigenvalue weighted by Gasteiger charge is 2.56. The first-order valence-electron chi connectivity index (χ1n) is 20.1. The van der Waals surface area contributed by atoms with Crippen LogP contribution >= 0.6 is 0 Å². The van der Waals surface area contributed by atoms with E-state index in [2.05, 4.69) is 19.6 Å². The third-order valence-electron chi connectivity index (χ3n) is 12.3. The van der Waals surface area contributed by atoms with E-state index < -0.39 is 65.7 Å². The van der Waals surface area contributed by atoms with Crippen molar-refractivity contribution in [3.8, 4) is 0 Å². The van der Waals surface area contributed by atoms with Crippen LogP contribution in [0, 0.1) is 29.6 Å². The van der Waals surface area contributed by atoms with Gasteiger partial charge in [-0.2, -0.15) is 0 Å². The Morgan fingerprint density at radius 2 is 1.74 bits per heavy atom. The van der Waals surface area contributed by atoms with Crippen LogP contribution in [-0.4, -0.2) is 103 Å². The molecule has 0 aromatic rings. The summed E-state index contributed by atoms with van der Waals surface area (Å²) in [4.78, 5) is 57.5. The Kier molecular flexibility index (Phi) is 14.3. The van der Waals surface area contributed by atoms with Gasteiger partial charge in [0.15, 0.2) is 5.78 Å². The van der Waals surface area contributed by atoms with Crippen molar-refractivity contribution < 1.29 is 48.0 Å². The zero-order chi connectivity index (χ0) is 39.3. The Bertz CT molecular complexity index is 1490. The summed E-state index contributed by atoms with van der Waals surface area (Å²) in [5.74, 6) is -6.50. The second kappa shape index (κ2) is 18.3. The number of esters is 1. The number of cyclic esters (lactones) is 1. The van der Waals surface area contributed by atoms with Gasteiger partial charge in [0.25, 0.3) is 11.7 Å². The summed E-state index contributed by atoms with van der Waals surface area (Å²) in [6.45, 7) is 13.7. The normalized spacial score (nSPS) is 42.0. The number of nitrogens with zero attached hydrogens (tertiary/aromatic N) is 1. The van der Waals surface area contributed by atoms with E-state index in [0.29, 0.717) is 44.6 Å². The van der Waals surface area contributed by atoms with Gasteiger partial charge in [-0.25, -0.2) is 4.79 Å². The predicted molar refractivity (Wildman–Crippen MR) is 203 cm³/mol. The molecule has 54 heavy (non-hydrogen) atoms. The minimum absolute atomic E-state index is 0.0653. The van der Waals surface area contributed by atoms with Gasteiger partial charge in [0.2, 0.25) is 5.79 Å². The van der Waals surface area contributed by atoms with Gasteiger partial charge in [0.05, 0.1) is 24.4 Å². The lowest BCUT2D eigenvalue weighted by atomic mass is 9.82. The zero-order valence-electron chi connectivity index (χ0n) is 33.4. The lowest BCUT2D eigenvalue weighted by molar-refractivity contribution is -0.302. The highest BCUT2D eigenvalue weighted by Crippen LogP contribution is 2.41. The summed E-state index contributed by atoms with van der Waals surface area (Å²) in [5, 5.41) is 12.0. The van der Waals surface area contributed by atoms with Crippen molar-refractivity contribution >= 4 is 23.4 Å². The molecule has 0 aromatic heterocycles. The zero-order valence-corrected chi connectivity index (χ0v) is 33.4. The van der Waals surface area contributed by atoms with Crippen molar-refractivity contribution in [1.29, 1.82) is 0 Å². The van der Waals surface area contributed by atoms with Gasteiger partial charge in [-0.1, -0.05) is 50.6 Å². The van der Waals surface area contributed by atoms with Crippen LogP contribution < -0.4 is 0 Å². The van der Waals surface area contributed by atoms with Crippen LogP contribution in [0.3, 0.4) is 0 Å². The van der Waals surface area contributed by atoms with Crippen molar-refractivity contribution in [3.05, 3.63) is 48.1 Å². The SMILES string of the molecule is C=CCC1/C=C(/C)CC(C)CC(OC)C2OC(O)(C(=O)C(=O)N3CCCCC3C(=O)OC(/C(C)=C/C3CCC4OC4C3)C(C)/C=C\C1=O)C(C)CC2OC. The maximum absolute atomic E-state index is 14.2. The number of carbonyl (C=O) groups excluding carboxylic acids is 4. The number of aliphatic hydroxyl groups is 1. The molecular weight excluding hydrogens is 690 g/mol. The molecule has 13 unspecified atom stereocenters. The fraction of sp³-hybridized carbons (Fsp3) is 0.721. The van der Waals surface area contributed by atoms with E-state index in [4.69, 9.17) is 23.7 Å². The molecule has 300 valence electrons. The van der Waals surface area contributed by atoms with E-state index in [1.54, 1.807) is 39.4 Å². The molecule has 5 rings (SSSR count). The average molecular weight is 754 g/mol. The summed E-state index contributed by atoms with van der Waals surface area (Å²) < 4.78 is 30.1. The molecule has 1 aliphatic carbocycles. The Hall–Kier alpha value is -2.96. The maximum Gasteiger partial charge on any atom is 0.329 e. The van der Waals surface area contributed by atoms with Crippen molar-refractivity contribution in [1.82, 2.24) is 4.90 Å². The number of carbonyl (C=O) groups is 4. The molecule has 11 nitrogen and oxygen atoms in total. The average Bonchev–Trinajstić information content (AvgIpc) is 3.93. The van der Waals surface area contributed by atoms with E-state index in [1.807, 2.05) is 26.8 Å². The quantitative estimate of drug-likeness (QED) is 0.152. The number of amides is 1. The predicted octanol–water partition coefficient (Wildman–Crippen LogP) is 5.84. The third kappa shape index (κ3) is 9.70. The summed E-state index contributed by atoms with van der Waals surface area (Å²) in [6, 6.07) is -1.03. The fourth-order valence-corrected chi connectivity index (χ4v) is 9.16. The van der Waals surface area contributed by atoms with Gasteiger partial charge in [0, 0.05) is 38.5 Å². The number of hydrogen-bond acceptors (Lipinski definition) is 10. The van der Waals surface area contributed by atoms with Crippen LogP contribution in [0.25, 0.3) is 0 Å². The number of allylic oxidation sites excluding steroid dienone is 5. The van der Waals surface area contributed by atoms with Crippen molar-refractivity contribution in [2.45, 2.75) is 147 Å². The number of Topliss-reactive ketones (excluding diaryl/α,β-unsaturated/α-hetero) is 1. The number of piperidine rings is 1. The highest BCUT2D eigenvalue weighted by atomic mass is 16.7. The van der Waals surface area contributed by atoms with Crippen molar-refractivity contribution in [2.24, 2.45) is 29.6 Å². The van der Waals surface area contributed by atoms with E-state index in [0.717, 1.165) is 30.4 Å². The second-order valence-electron chi connectivity index (χ2n) is 16.7. The van der Waals surface area contributed by atoms with Crippen LogP contribution in [0.1, 0.15) is 98.8 Å². The molecule has 2 bridgehead atoms. The van der Waals surface area contributed by atoms with Crippen molar-refractivity contribution in [3.63, 3.8) is 0 Å². The maximum atomic E-state index is 14.2. The van der Waals surface area contributed by atoms with E-state index >= 15 is 0 Å². The molecule has 0 aromatic carbocycles. The van der Waals surface area contributed by atoms with Crippen molar-refractivity contribution in [2.75, 3.05) is 20.8 Å². The number of epoxide rings is 1. The van der Waals surface area contributed by atoms with Gasteiger partial charge >= 0.3 is 5.97 Å². The number of fused-ring (bicyclic) bond motifs is 4. The van der Waals surface area contributed by atoms with Crippen LogP contribution in [0.4, 0.5) is 0 Å². The van der Waals surface area contributed by atoms with Crippen LogP contribution in [0.5, 0.6) is 0 Å². The Balaban J connectivity index is 1.52. The van der Waals surface area contributed by atoms with Crippen LogP contribution in [-0.2, 0) is 42.9 Å². The van der Waals surface area contributed by atoms with Gasteiger partial charge in [0.1, 0.15) is 18.2 Å². The molecule has 1 N–H and O–H groups in total. The molecule has 3 saturated heterocycles. The monoisotopic (exact) mass is 753 g/mol. The highest BCUT2D eigenvalue weighted by molar-refractivity contribution is 6.39. The second-order valence-corrected chi connectivity index (χ2v) is 16.7. The minimum Gasteiger partial charge on any atom is -0.456 e. The van der Waals surface area contributed by atoms with E-state index in [-0.39, 0.29) is 42.6 Å². The van der Waals surface area contributed by atoms with Crippen LogP contribution in [0.15, 0.2) is 48.1 Å². The minimum atomic E-state index is -2.46. The molecule has 4 aliphatic heterocycles. The summed E-state index contributed by atoms with van der Waals surface area (Å²) in [7, 11) is 3.10. The molecule has 4 fully saturated rings. The number of rotatable bonds is 6. The molecule has 1 saturated carbocycles. The topological polar surface area (TPSA) is 141 Å². The lowest BCUT2D eigenvalue weighted by Gasteiger charge is -2.47. The molecule has 1 amide bonds. The summed E-state index contributed by atoms with van der Waals surface area (Å²) in [5.41, 5.74) is 1.89. The Labute approximate surface area is 321 Å². The number of hydrogen-bond donors (Lipinski definition) is 1. The van der Waals surface area contributed by atoms with Gasteiger partial charge in [-0.15, -0.1) is 6.58 Å². The van der Waals surface area contributed by atoms with E-state index in [1.165, 1.54) is 4.90 Å².